The molecule has 80 valence electrons. The molecule has 0 aliphatic rings. The zero-order valence-electron chi connectivity index (χ0n) is 8.15. The molecule has 0 saturated heterocycles. The molecule has 0 spiro atoms. The Morgan fingerprint density at radius 3 is 3.00 bits per heavy atom. The lowest BCUT2D eigenvalue weighted by molar-refractivity contribution is 0.0602. The van der Waals surface area contributed by atoms with Crippen molar-refractivity contribution >= 4 is 27.5 Å². The van der Waals surface area contributed by atoms with Crippen LogP contribution in [-0.4, -0.2) is 18.1 Å². The number of carbonyl (C=O) groups is 1. The number of ether oxygens (including phenoxy) is 1. The quantitative estimate of drug-likeness (QED) is 0.711. The highest BCUT2D eigenvalue weighted by Gasteiger charge is 2.16. The lowest BCUT2D eigenvalue weighted by Crippen LogP contribution is -2.02. The van der Waals surface area contributed by atoms with E-state index in [1.807, 2.05) is 6.07 Å². The fraction of sp³-hybridized carbons (Fsp3) is 0.100. The average Bonchev–Trinajstić information content (AvgIpc) is 2.69. The van der Waals surface area contributed by atoms with E-state index in [0.717, 1.165) is 17.4 Å². The summed E-state index contributed by atoms with van der Waals surface area (Å²) in [6, 6.07) is 4.14. The van der Waals surface area contributed by atoms with E-state index in [1.165, 1.54) is 13.2 Å². The van der Waals surface area contributed by atoms with Gasteiger partial charge in [-0.3, -0.25) is 0 Å². The van der Waals surface area contributed by atoms with Crippen molar-refractivity contribution in [2.24, 2.45) is 0 Å². The molecule has 1 heterocycles. The number of fused-ring (bicyclic) bond motifs is 1. The van der Waals surface area contributed by atoms with Crippen LogP contribution >= 0.6 is 11.3 Å². The van der Waals surface area contributed by atoms with E-state index in [0.29, 0.717) is 10.2 Å². The Morgan fingerprint density at radius 2 is 2.38 bits per heavy atom. The number of hydrogen-bond donors (Lipinski definition) is 0. The highest BCUT2D eigenvalue weighted by Crippen LogP contribution is 2.26. The monoisotopic (exact) mass is 236 g/mol. The summed E-state index contributed by atoms with van der Waals surface area (Å²) in [7, 11) is 1.21. The van der Waals surface area contributed by atoms with Crippen molar-refractivity contribution < 1.29 is 13.9 Å². The number of nitrogens with zero attached hydrogens (tertiary/aromatic N) is 2. The Balaban J connectivity index is 2.77. The van der Waals surface area contributed by atoms with Gasteiger partial charge in [0.2, 0.25) is 0 Å². The molecule has 16 heavy (non-hydrogen) atoms. The van der Waals surface area contributed by atoms with Crippen LogP contribution in [0.2, 0.25) is 0 Å². The van der Waals surface area contributed by atoms with Crippen molar-refractivity contribution in [1.29, 1.82) is 5.26 Å². The Bertz CT molecular complexity index is 615. The molecule has 4 nitrogen and oxygen atoms in total. The number of nitriles is 1. The van der Waals surface area contributed by atoms with E-state index >= 15 is 0 Å². The van der Waals surface area contributed by atoms with Crippen LogP contribution in [-0.2, 0) is 4.74 Å². The van der Waals surface area contributed by atoms with E-state index in [9.17, 15) is 9.18 Å². The summed E-state index contributed by atoms with van der Waals surface area (Å²) < 4.78 is 18.2. The minimum Gasteiger partial charge on any atom is -0.465 e. The Kier molecular flexibility index (Phi) is 2.54. The largest absolute Gasteiger partial charge is 0.465 e. The van der Waals surface area contributed by atoms with Gasteiger partial charge in [0.15, 0.2) is 5.01 Å². The lowest BCUT2D eigenvalue weighted by atomic mass is 10.2. The zero-order valence-corrected chi connectivity index (χ0v) is 8.97. The third kappa shape index (κ3) is 1.61. The minimum absolute atomic E-state index is 0.0373. The Hall–Kier alpha value is -2.00. The molecule has 0 atom stereocenters. The van der Waals surface area contributed by atoms with Crippen molar-refractivity contribution in [3.63, 3.8) is 0 Å². The number of halogens is 1. The summed E-state index contributed by atoms with van der Waals surface area (Å²) in [4.78, 5) is 15.3. The fourth-order valence-electron chi connectivity index (χ4n) is 1.31. The number of benzene rings is 1. The summed E-state index contributed by atoms with van der Waals surface area (Å²) >= 11 is 1.03. The van der Waals surface area contributed by atoms with Crippen molar-refractivity contribution in [1.82, 2.24) is 4.98 Å². The van der Waals surface area contributed by atoms with Gasteiger partial charge in [-0.15, -0.1) is 11.3 Å². The molecule has 1 aromatic heterocycles. The summed E-state index contributed by atoms with van der Waals surface area (Å²) in [5.74, 6) is -1.22. The minimum atomic E-state index is -0.667. The van der Waals surface area contributed by atoms with Crippen LogP contribution in [0, 0.1) is 17.1 Å². The molecule has 0 radical (unpaired) electrons. The zero-order chi connectivity index (χ0) is 11.7. The first-order chi connectivity index (χ1) is 7.65. The maximum absolute atomic E-state index is 13.2. The predicted molar refractivity (Wildman–Crippen MR) is 55.6 cm³/mol. The van der Waals surface area contributed by atoms with E-state index in [2.05, 4.69) is 9.72 Å². The van der Waals surface area contributed by atoms with Gasteiger partial charge in [0.05, 0.1) is 22.9 Å². The molecule has 0 unspecified atom stereocenters. The van der Waals surface area contributed by atoms with Gasteiger partial charge in [0.1, 0.15) is 11.9 Å². The number of hydrogen-bond acceptors (Lipinski definition) is 5. The summed E-state index contributed by atoms with van der Waals surface area (Å²) in [6.45, 7) is 0. The molecule has 0 bridgehead atoms. The molecular formula is C10H5FN2O2S. The van der Waals surface area contributed by atoms with Gasteiger partial charge in [0, 0.05) is 0 Å². The van der Waals surface area contributed by atoms with Gasteiger partial charge in [-0.25, -0.2) is 14.2 Å². The second kappa shape index (κ2) is 3.87. The number of thiazole rings is 1. The predicted octanol–water partition coefficient (Wildman–Crippen LogP) is 2.09. The second-order valence-corrected chi connectivity index (χ2v) is 3.95. The fourth-order valence-corrected chi connectivity index (χ4v) is 2.12. The lowest BCUT2D eigenvalue weighted by Gasteiger charge is -1.99. The van der Waals surface area contributed by atoms with Crippen LogP contribution in [0.5, 0.6) is 0 Å². The van der Waals surface area contributed by atoms with Crippen LogP contribution in [0.4, 0.5) is 4.39 Å². The van der Waals surface area contributed by atoms with Crippen molar-refractivity contribution in [2.75, 3.05) is 7.11 Å². The van der Waals surface area contributed by atoms with Crippen LogP contribution in [0.15, 0.2) is 12.1 Å². The van der Waals surface area contributed by atoms with Crippen LogP contribution in [0.1, 0.15) is 15.4 Å². The van der Waals surface area contributed by atoms with Gasteiger partial charge >= 0.3 is 5.97 Å². The maximum Gasteiger partial charge on any atom is 0.340 e. The SMILES string of the molecule is COC(=O)c1cc(F)cc2sc(C#N)nc12. The Morgan fingerprint density at radius 1 is 1.62 bits per heavy atom. The summed E-state index contributed by atoms with van der Waals surface area (Å²) in [6.07, 6.45) is 0. The first-order valence-electron chi connectivity index (χ1n) is 4.24. The topological polar surface area (TPSA) is 63.0 Å². The van der Waals surface area contributed by atoms with E-state index in [-0.39, 0.29) is 10.6 Å². The molecule has 6 heteroatoms. The van der Waals surface area contributed by atoms with E-state index < -0.39 is 11.8 Å². The van der Waals surface area contributed by atoms with Crippen LogP contribution in [0.25, 0.3) is 10.2 Å². The molecule has 0 N–H and O–H groups in total. The molecule has 0 saturated carbocycles. The highest BCUT2D eigenvalue weighted by molar-refractivity contribution is 7.19. The standard InChI is InChI=1S/C10H5FN2O2S/c1-15-10(14)6-2-5(11)3-7-9(6)13-8(4-12)16-7/h2-3H,1H3. The van der Waals surface area contributed by atoms with Crippen LogP contribution in [0.3, 0.4) is 0 Å². The molecule has 0 aliphatic carbocycles. The third-order valence-electron chi connectivity index (χ3n) is 1.96. The van der Waals surface area contributed by atoms with Crippen molar-refractivity contribution in [3.8, 4) is 6.07 Å². The number of rotatable bonds is 1. The summed E-state index contributed by atoms with van der Waals surface area (Å²) in [5.41, 5.74) is 0.338. The normalized spacial score (nSPS) is 10.1. The first-order valence-corrected chi connectivity index (χ1v) is 5.06. The van der Waals surface area contributed by atoms with Gasteiger partial charge in [-0.2, -0.15) is 5.26 Å². The maximum atomic E-state index is 13.2. The number of carbonyl (C=O) groups excluding carboxylic acids is 1. The molecule has 0 amide bonds. The molecule has 1 aromatic carbocycles. The number of aromatic nitrogens is 1. The van der Waals surface area contributed by atoms with Gasteiger partial charge in [0.25, 0.3) is 0 Å². The number of esters is 1. The molecule has 2 rings (SSSR count). The molecular weight excluding hydrogens is 231 g/mol. The number of methoxy groups -OCH3 is 1. The molecule has 0 fully saturated rings. The molecule has 0 aliphatic heterocycles. The Labute approximate surface area is 93.9 Å². The summed E-state index contributed by atoms with van der Waals surface area (Å²) in [5, 5.41) is 8.87. The van der Waals surface area contributed by atoms with E-state index in [1.54, 1.807) is 0 Å². The van der Waals surface area contributed by atoms with Crippen molar-refractivity contribution in [3.05, 3.63) is 28.5 Å². The highest BCUT2D eigenvalue weighted by atomic mass is 32.1. The second-order valence-electron chi connectivity index (χ2n) is 2.92. The van der Waals surface area contributed by atoms with Gasteiger partial charge in [-0.1, -0.05) is 0 Å². The van der Waals surface area contributed by atoms with E-state index in [4.69, 9.17) is 5.26 Å². The molecule has 2 aromatic rings. The van der Waals surface area contributed by atoms with Crippen LogP contribution < -0.4 is 0 Å². The van der Waals surface area contributed by atoms with Crippen molar-refractivity contribution in [2.45, 2.75) is 0 Å². The smallest absolute Gasteiger partial charge is 0.340 e. The average molecular weight is 236 g/mol. The third-order valence-corrected chi connectivity index (χ3v) is 2.87. The van der Waals surface area contributed by atoms with Gasteiger partial charge < -0.3 is 4.74 Å². The van der Waals surface area contributed by atoms with Gasteiger partial charge in [-0.05, 0) is 12.1 Å². The first kappa shape index (κ1) is 10.5.